The fourth-order valence-corrected chi connectivity index (χ4v) is 3.68. The van der Waals surface area contributed by atoms with Crippen LogP contribution in [0.4, 0.5) is 32.0 Å². The minimum absolute atomic E-state index is 0.158. The van der Waals surface area contributed by atoms with Gasteiger partial charge in [0, 0.05) is 43.0 Å². The summed E-state index contributed by atoms with van der Waals surface area (Å²) in [6, 6.07) is 10.0. The van der Waals surface area contributed by atoms with Gasteiger partial charge in [0.05, 0.1) is 6.54 Å². The molecule has 0 saturated heterocycles. The minimum Gasteiger partial charge on any atom is -0.441 e. The summed E-state index contributed by atoms with van der Waals surface area (Å²) >= 11 is 0. The van der Waals surface area contributed by atoms with Crippen LogP contribution in [-0.2, 0) is 12.1 Å². The number of anilines is 1. The summed E-state index contributed by atoms with van der Waals surface area (Å²) in [5.41, 5.74) is -4.37. The first-order chi connectivity index (χ1) is 17.1. The topological polar surface area (TPSA) is 69.8 Å². The van der Waals surface area contributed by atoms with Gasteiger partial charge < -0.3 is 19.3 Å². The number of oxazole rings is 1. The van der Waals surface area contributed by atoms with Gasteiger partial charge in [0.25, 0.3) is 11.5 Å². The molecule has 37 heavy (non-hydrogen) atoms. The number of amides is 1. The molecule has 3 rings (SSSR count). The van der Waals surface area contributed by atoms with Crippen LogP contribution in [0.25, 0.3) is 11.5 Å². The summed E-state index contributed by atoms with van der Waals surface area (Å²) in [7, 11) is 3.28. The number of alkyl halides is 6. The predicted molar refractivity (Wildman–Crippen MR) is 124 cm³/mol. The highest BCUT2D eigenvalue weighted by atomic mass is 19.4. The molecule has 200 valence electrons. The van der Waals surface area contributed by atoms with Crippen LogP contribution < -0.4 is 4.90 Å². The Morgan fingerprint density at radius 2 is 1.49 bits per heavy atom. The average Bonchev–Trinajstić information content (AvgIpc) is 3.20. The minimum atomic E-state index is -5.95. The zero-order valence-corrected chi connectivity index (χ0v) is 20.4. The average molecular weight is 529 g/mol. The summed E-state index contributed by atoms with van der Waals surface area (Å²) in [6.45, 7) is 3.95. The Kier molecular flexibility index (Phi) is 7.64. The van der Waals surface area contributed by atoms with E-state index in [0.717, 1.165) is 12.1 Å². The second-order valence-corrected chi connectivity index (χ2v) is 8.57. The van der Waals surface area contributed by atoms with Gasteiger partial charge in [0.15, 0.2) is 0 Å². The van der Waals surface area contributed by atoms with Gasteiger partial charge in [-0.25, -0.2) is 4.98 Å². The van der Waals surface area contributed by atoms with Crippen LogP contribution in [0.15, 0.2) is 52.9 Å². The number of halogens is 6. The number of hydrogen-bond acceptors (Lipinski definition) is 5. The van der Waals surface area contributed by atoms with Gasteiger partial charge in [-0.1, -0.05) is 12.1 Å². The third kappa shape index (κ3) is 5.43. The Bertz CT molecular complexity index is 1220. The quantitative estimate of drug-likeness (QED) is 0.399. The maximum atomic E-state index is 13.2. The van der Waals surface area contributed by atoms with Crippen LogP contribution in [0.1, 0.15) is 34.3 Å². The second-order valence-electron chi connectivity index (χ2n) is 8.57. The maximum Gasteiger partial charge on any atom is 0.430 e. The molecule has 0 fully saturated rings. The smallest absolute Gasteiger partial charge is 0.430 e. The van der Waals surface area contributed by atoms with Gasteiger partial charge in [-0.2, -0.15) is 26.3 Å². The van der Waals surface area contributed by atoms with Crippen molar-refractivity contribution in [3.05, 3.63) is 71.1 Å². The Morgan fingerprint density at radius 1 is 0.946 bits per heavy atom. The first kappa shape index (κ1) is 28.0. The van der Waals surface area contributed by atoms with Crippen molar-refractivity contribution in [3.63, 3.8) is 0 Å². The number of hydrogen-bond donors (Lipinski definition) is 1. The fraction of sp³-hybridized carbons (Fsp3) is 0.360. The number of aromatic nitrogens is 1. The van der Waals surface area contributed by atoms with Gasteiger partial charge in [-0.3, -0.25) is 4.79 Å². The first-order valence-electron chi connectivity index (χ1n) is 11.1. The lowest BCUT2D eigenvalue weighted by atomic mass is 9.92. The molecule has 0 bridgehead atoms. The Morgan fingerprint density at radius 3 is 1.95 bits per heavy atom. The van der Waals surface area contributed by atoms with Gasteiger partial charge >= 0.3 is 12.4 Å². The molecule has 3 aromatic rings. The van der Waals surface area contributed by atoms with E-state index in [2.05, 4.69) is 4.98 Å². The Hall–Kier alpha value is -3.54. The van der Waals surface area contributed by atoms with Crippen molar-refractivity contribution in [1.29, 1.82) is 0 Å². The van der Waals surface area contributed by atoms with E-state index in [1.807, 2.05) is 0 Å². The number of aryl methyl sites for hydroxylation is 1. The van der Waals surface area contributed by atoms with Crippen LogP contribution >= 0.6 is 0 Å². The van der Waals surface area contributed by atoms with E-state index in [1.165, 1.54) is 4.90 Å². The summed E-state index contributed by atoms with van der Waals surface area (Å²) < 4.78 is 84.7. The lowest BCUT2D eigenvalue weighted by Crippen LogP contribution is -2.53. The number of benzene rings is 2. The van der Waals surface area contributed by atoms with Gasteiger partial charge in [-0.15, -0.1) is 0 Å². The van der Waals surface area contributed by atoms with E-state index in [0.29, 0.717) is 52.8 Å². The molecular weight excluding hydrogens is 504 g/mol. The molecule has 0 aliphatic rings. The molecule has 0 atom stereocenters. The SMILES string of the molecule is CCN(Cc1nc(-c2ccc(C(=O)N(C)C)cc2)oc1C)c1ccc(C(O)(C(F)(F)F)C(F)(F)F)cc1. The maximum absolute atomic E-state index is 13.2. The summed E-state index contributed by atoms with van der Waals surface area (Å²) in [6.07, 6.45) is -11.9. The van der Waals surface area contributed by atoms with E-state index < -0.39 is 23.5 Å². The fourth-order valence-electron chi connectivity index (χ4n) is 3.68. The zero-order valence-electron chi connectivity index (χ0n) is 20.4. The number of rotatable bonds is 7. The summed E-state index contributed by atoms with van der Waals surface area (Å²) in [5, 5.41) is 9.59. The van der Waals surface area contributed by atoms with Gasteiger partial charge in [-0.05, 0) is 50.2 Å². The molecule has 0 unspecified atom stereocenters. The molecule has 1 heterocycles. The largest absolute Gasteiger partial charge is 0.441 e. The van der Waals surface area contributed by atoms with Crippen LogP contribution in [0.2, 0.25) is 0 Å². The molecule has 0 aliphatic carbocycles. The Balaban J connectivity index is 1.84. The van der Waals surface area contributed by atoms with Crippen molar-refractivity contribution in [2.24, 2.45) is 0 Å². The van der Waals surface area contributed by atoms with Crippen molar-refractivity contribution < 1.29 is 40.7 Å². The highest BCUT2D eigenvalue weighted by Gasteiger charge is 2.71. The highest BCUT2D eigenvalue weighted by Crippen LogP contribution is 2.50. The van der Waals surface area contributed by atoms with Crippen molar-refractivity contribution >= 4 is 11.6 Å². The molecule has 0 aliphatic heterocycles. The Labute approximate surface area is 209 Å². The van der Waals surface area contributed by atoms with E-state index in [1.54, 1.807) is 57.1 Å². The van der Waals surface area contributed by atoms with Gasteiger partial charge in [0.1, 0.15) is 11.5 Å². The number of aliphatic hydroxyl groups is 1. The van der Waals surface area contributed by atoms with Crippen molar-refractivity contribution in [3.8, 4) is 11.5 Å². The van der Waals surface area contributed by atoms with Crippen LogP contribution in [0.3, 0.4) is 0 Å². The second kappa shape index (κ2) is 10.1. The highest BCUT2D eigenvalue weighted by molar-refractivity contribution is 5.94. The number of carbonyl (C=O) groups excluding carboxylic acids is 1. The molecule has 1 amide bonds. The van der Waals surface area contributed by atoms with Gasteiger partial charge in [0.2, 0.25) is 5.89 Å². The van der Waals surface area contributed by atoms with Crippen molar-refractivity contribution in [1.82, 2.24) is 9.88 Å². The third-order valence-electron chi connectivity index (χ3n) is 5.87. The lowest BCUT2D eigenvalue weighted by Gasteiger charge is -2.33. The van der Waals surface area contributed by atoms with Crippen LogP contribution in [0.5, 0.6) is 0 Å². The van der Waals surface area contributed by atoms with Crippen LogP contribution in [-0.4, -0.2) is 53.9 Å². The number of nitrogens with zero attached hydrogens (tertiary/aromatic N) is 3. The van der Waals surface area contributed by atoms with Crippen LogP contribution in [0, 0.1) is 6.92 Å². The van der Waals surface area contributed by atoms with E-state index in [4.69, 9.17) is 4.42 Å². The van der Waals surface area contributed by atoms with E-state index >= 15 is 0 Å². The predicted octanol–water partition coefficient (Wildman–Crippen LogP) is 5.69. The lowest BCUT2D eigenvalue weighted by molar-refractivity contribution is -0.376. The summed E-state index contributed by atoms with van der Waals surface area (Å²) in [4.78, 5) is 19.7. The zero-order chi connectivity index (χ0) is 27.8. The molecule has 12 heteroatoms. The summed E-state index contributed by atoms with van der Waals surface area (Å²) in [5.74, 6) is 0.606. The monoisotopic (exact) mass is 529 g/mol. The van der Waals surface area contributed by atoms with E-state index in [-0.39, 0.29) is 12.5 Å². The normalized spacial score (nSPS) is 12.5. The van der Waals surface area contributed by atoms with E-state index in [9.17, 15) is 36.2 Å². The standard InChI is InChI=1S/C25H25F6N3O3/c1-5-34(19-12-10-18(11-13-19)23(36,24(26,27)28)25(29,30)31)14-20-15(2)37-21(32-20)16-6-8-17(9-7-16)22(35)33(3)4/h6-13,36H,5,14H2,1-4H3. The third-order valence-corrected chi connectivity index (χ3v) is 5.87. The molecule has 2 aromatic carbocycles. The number of carbonyl (C=O) groups is 1. The first-order valence-corrected chi connectivity index (χ1v) is 11.1. The molecule has 0 saturated carbocycles. The molecule has 1 aromatic heterocycles. The molecule has 0 spiro atoms. The molecule has 6 nitrogen and oxygen atoms in total. The molecule has 1 N–H and O–H groups in total. The van der Waals surface area contributed by atoms with Crippen molar-refractivity contribution in [2.75, 3.05) is 25.5 Å². The molecular formula is C25H25F6N3O3. The van der Waals surface area contributed by atoms with Crippen molar-refractivity contribution in [2.45, 2.75) is 38.3 Å². The molecule has 0 radical (unpaired) electrons.